The van der Waals surface area contributed by atoms with E-state index in [0.29, 0.717) is 21.9 Å². The summed E-state index contributed by atoms with van der Waals surface area (Å²) in [6, 6.07) is 5.31. The van der Waals surface area contributed by atoms with Crippen molar-refractivity contribution in [2.24, 2.45) is 0 Å². The van der Waals surface area contributed by atoms with Gasteiger partial charge in [-0.25, -0.2) is 4.98 Å². The third-order valence-electron chi connectivity index (χ3n) is 4.24. The van der Waals surface area contributed by atoms with E-state index in [1.165, 1.54) is 15.9 Å². The van der Waals surface area contributed by atoms with Crippen molar-refractivity contribution in [1.82, 2.24) is 9.55 Å². The molecule has 0 aliphatic heterocycles. The Bertz CT molecular complexity index is 1050. The molecule has 0 atom stereocenters. The third-order valence-corrected chi connectivity index (χ3v) is 5.75. The zero-order chi connectivity index (χ0) is 18.3. The fraction of sp³-hybridized carbons (Fsp3) is 0.278. The van der Waals surface area contributed by atoms with Gasteiger partial charge >= 0.3 is 0 Å². The van der Waals surface area contributed by atoms with Crippen LogP contribution in [0.1, 0.15) is 21.8 Å². The van der Waals surface area contributed by atoms with Crippen molar-refractivity contribution < 1.29 is 4.79 Å². The highest BCUT2D eigenvalue weighted by Crippen LogP contribution is 2.26. The van der Waals surface area contributed by atoms with Gasteiger partial charge in [-0.15, -0.1) is 11.3 Å². The Labute approximate surface area is 154 Å². The number of hydrogen-bond acceptors (Lipinski definition) is 4. The Balaban J connectivity index is 1.92. The predicted molar refractivity (Wildman–Crippen MR) is 103 cm³/mol. The van der Waals surface area contributed by atoms with E-state index in [-0.39, 0.29) is 18.0 Å². The molecule has 0 saturated carbocycles. The molecule has 25 heavy (non-hydrogen) atoms. The van der Waals surface area contributed by atoms with E-state index in [1.54, 1.807) is 19.1 Å². The molecule has 7 heteroatoms. The third kappa shape index (κ3) is 3.32. The summed E-state index contributed by atoms with van der Waals surface area (Å²) < 4.78 is 1.41. The molecule has 2 aromatic heterocycles. The van der Waals surface area contributed by atoms with Crippen LogP contribution in [0.25, 0.3) is 10.2 Å². The Hall–Kier alpha value is -2.18. The van der Waals surface area contributed by atoms with Gasteiger partial charge in [-0.05, 0) is 51.0 Å². The lowest BCUT2D eigenvalue weighted by atomic mass is 10.2. The number of halogens is 1. The number of fused-ring (bicyclic) bond motifs is 1. The second-order valence-corrected chi connectivity index (χ2v) is 7.64. The number of nitrogens with one attached hydrogen (secondary N) is 1. The zero-order valence-corrected chi connectivity index (χ0v) is 16.0. The van der Waals surface area contributed by atoms with Crippen molar-refractivity contribution in [1.29, 1.82) is 0 Å². The average molecular weight is 376 g/mol. The lowest BCUT2D eigenvalue weighted by Gasteiger charge is -2.11. The Morgan fingerprint density at radius 2 is 2.00 bits per heavy atom. The first-order valence-corrected chi connectivity index (χ1v) is 9.00. The molecule has 0 radical (unpaired) electrons. The number of carbonyl (C=O) groups is 1. The average Bonchev–Trinajstić information content (AvgIpc) is 2.82. The summed E-state index contributed by atoms with van der Waals surface area (Å²) in [5.41, 5.74) is 2.28. The van der Waals surface area contributed by atoms with Crippen LogP contribution in [0.3, 0.4) is 0 Å². The van der Waals surface area contributed by atoms with Gasteiger partial charge in [0.1, 0.15) is 17.2 Å². The standard InChI is InChI=1S/C18H18ClN3O2S/c1-9-5-6-13(7-14(9)19)21-15(23)8-22-12(4)20-17-16(18(22)24)10(2)11(3)25-17/h5-7H,8H2,1-4H3,(H,21,23). The first kappa shape index (κ1) is 17.6. The van der Waals surface area contributed by atoms with Crippen LogP contribution in [0, 0.1) is 27.7 Å². The zero-order valence-electron chi connectivity index (χ0n) is 14.4. The van der Waals surface area contributed by atoms with Gasteiger partial charge in [0.25, 0.3) is 5.56 Å². The van der Waals surface area contributed by atoms with E-state index in [9.17, 15) is 9.59 Å². The van der Waals surface area contributed by atoms with Gasteiger partial charge in [0.15, 0.2) is 0 Å². The van der Waals surface area contributed by atoms with Crippen LogP contribution in [0.15, 0.2) is 23.0 Å². The largest absolute Gasteiger partial charge is 0.324 e. The molecule has 0 aliphatic carbocycles. The van der Waals surface area contributed by atoms with Crippen LogP contribution >= 0.6 is 22.9 Å². The molecule has 0 fully saturated rings. The van der Waals surface area contributed by atoms with Crippen molar-refractivity contribution in [3.8, 4) is 0 Å². The highest BCUT2D eigenvalue weighted by molar-refractivity contribution is 7.18. The van der Waals surface area contributed by atoms with Crippen LogP contribution in [-0.2, 0) is 11.3 Å². The molecule has 3 rings (SSSR count). The van der Waals surface area contributed by atoms with Crippen LogP contribution in [0.2, 0.25) is 5.02 Å². The van der Waals surface area contributed by atoms with Crippen LogP contribution in [0.5, 0.6) is 0 Å². The van der Waals surface area contributed by atoms with Gasteiger partial charge in [-0.1, -0.05) is 17.7 Å². The van der Waals surface area contributed by atoms with Crippen molar-refractivity contribution in [2.75, 3.05) is 5.32 Å². The minimum atomic E-state index is -0.295. The van der Waals surface area contributed by atoms with Gasteiger partial charge in [0.05, 0.1) is 5.39 Å². The summed E-state index contributed by atoms with van der Waals surface area (Å²) in [7, 11) is 0. The monoisotopic (exact) mass is 375 g/mol. The number of rotatable bonds is 3. The van der Waals surface area contributed by atoms with Gasteiger partial charge in [0.2, 0.25) is 5.91 Å². The van der Waals surface area contributed by atoms with Crippen molar-refractivity contribution in [3.05, 3.63) is 55.4 Å². The van der Waals surface area contributed by atoms with Crippen molar-refractivity contribution >= 4 is 44.7 Å². The summed E-state index contributed by atoms with van der Waals surface area (Å²) in [4.78, 5) is 31.4. The van der Waals surface area contributed by atoms with Crippen LogP contribution in [-0.4, -0.2) is 15.5 Å². The minimum absolute atomic E-state index is 0.0898. The van der Waals surface area contributed by atoms with E-state index < -0.39 is 0 Å². The maximum Gasteiger partial charge on any atom is 0.263 e. The normalized spacial score (nSPS) is 11.1. The highest BCUT2D eigenvalue weighted by Gasteiger charge is 2.16. The Morgan fingerprint density at radius 3 is 2.68 bits per heavy atom. The summed E-state index contributed by atoms with van der Waals surface area (Å²) in [5.74, 6) is 0.228. The minimum Gasteiger partial charge on any atom is -0.324 e. The number of hydrogen-bond donors (Lipinski definition) is 1. The molecule has 3 aromatic rings. The summed E-state index contributed by atoms with van der Waals surface area (Å²) in [5, 5.41) is 3.95. The number of carbonyl (C=O) groups excluding carboxylic acids is 1. The predicted octanol–water partition coefficient (Wildman–Crippen LogP) is 3.98. The summed E-state index contributed by atoms with van der Waals surface area (Å²) in [6.45, 7) is 7.41. The fourth-order valence-corrected chi connectivity index (χ4v) is 3.88. The molecular weight excluding hydrogens is 358 g/mol. The molecule has 1 aromatic carbocycles. The molecule has 5 nitrogen and oxygen atoms in total. The molecule has 2 heterocycles. The summed E-state index contributed by atoms with van der Waals surface area (Å²) >= 11 is 7.58. The first-order valence-electron chi connectivity index (χ1n) is 7.81. The molecule has 0 bridgehead atoms. The molecular formula is C18H18ClN3O2S. The number of aryl methyl sites for hydroxylation is 4. The van der Waals surface area contributed by atoms with Crippen molar-refractivity contribution in [2.45, 2.75) is 34.2 Å². The van der Waals surface area contributed by atoms with Gasteiger partial charge < -0.3 is 5.32 Å². The van der Waals surface area contributed by atoms with E-state index in [0.717, 1.165) is 20.8 Å². The number of anilines is 1. The molecule has 1 N–H and O–H groups in total. The molecule has 130 valence electrons. The maximum atomic E-state index is 12.8. The number of nitrogens with zero attached hydrogens (tertiary/aromatic N) is 2. The van der Waals surface area contributed by atoms with Gasteiger partial charge in [-0.2, -0.15) is 0 Å². The number of amides is 1. The van der Waals surface area contributed by atoms with Gasteiger partial charge in [-0.3, -0.25) is 14.2 Å². The second kappa shape index (κ2) is 6.61. The number of thiophene rings is 1. The van der Waals surface area contributed by atoms with Crippen LogP contribution < -0.4 is 10.9 Å². The SMILES string of the molecule is Cc1ccc(NC(=O)Cn2c(C)nc3sc(C)c(C)c3c2=O)cc1Cl. The lowest BCUT2D eigenvalue weighted by Crippen LogP contribution is -2.30. The highest BCUT2D eigenvalue weighted by atomic mass is 35.5. The topological polar surface area (TPSA) is 64.0 Å². The van der Waals surface area contributed by atoms with Crippen LogP contribution in [0.4, 0.5) is 5.69 Å². The maximum absolute atomic E-state index is 12.8. The molecule has 0 spiro atoms. The second-order valence-electron chi connectivity index (χ2n) is 6.03. The first-order chi connectivity index (χ1) is 11.8. The quantitative estimate of drug-likeness (QED) is 0.752. The molecule has 0 saturated heterocycles. The molecule has 0 aliphatic rings. The smallest absolute Gasteiger partial charge is 0.263 e. The molecule has 0 unspecified atom stereocenters. The van der Waals surface area contributed by atoms with E-state index >= 15 is 0 Å². The van der Waals surface area contributed by atoms with Crippen molar-refractivity contribution in [3.63, 3.8) is 0 Å². The Kier molecular flexibility index (Phi) is 4.67. The Morgan fingerprint density at radius 1 is 1.28 bits per heavy atom. The van der Waals surface area contributed by atoms with E-state index in [4.69, 9.17) is 11.6 Å². The number of aromatic nitrogens is 2. The summed E-state index contributed by atoms with van der Waals surface area (Å²) in [6.07, 6.45) is 0. The number of benzene rings is 1. The van der Waals surface area contributed by atoms with E-state index in [1.807, 2.05) is 26.8 Å². The van der Waals surface area contributed by atoms with E-state index in [2.05, 4.69) is 10.3 Å². The molecule has 1 amide bonds. The van der Waals surface area contributed by atoms with Gasteiger partial charge in [0, 0.05) is 15.6 Å². The lowest BCUT2D eigenvalue weighted by molar-refractivity contribution is -0.116. The fourth-order valence-electron chi connectivity index (χ4n) is 2.63.